The van der Waals surface area contributed by atoms with E-state index in [1.165, 1.54) is 69.2 Å². The first-order chi connectivity index (χ1) is 28.7. The van der Waals surface area contributed by atoms with Gasteiger partial charge in [0.25, 0.3) is 0 Å². The fourth-order valence-electron chi connectivity index (χ4n) is 8.64. The zero-order valence-electron chi connectivity index (χ0n) is 31.2. The van der Waals surface area contributed by atoms with Crippen molar-refractivity contribution < 1.29 is 0 Å². The SMILES string of the molecule is c1ccc(-c2nc(-c3ccccc3)nc(-c3cccc(-c4ccc5c(c4)sc4c(-n6c7ccccc7c7cc8ccccc8cc76)cc6ccccc6c45)c3)n2)cc1. The van der Waals surface area contributed by atoms with Gasteiger partial charge in [0.2, 0.25) is 0 Å². The van der Waals surface area contributed by atoms with Crippen molar-refractivity contribution in [2.24, 2.45) is 0 Å². The van der Waals surface area contributed by atoms with Gasteiger partial charge in [-0.1, -0.05) is 158 Å². The van der Waals surface area contributed by atoms with Crippen molar-refractivity contribution in [2.75, 3.05) is 0 Å². The molecule has 4 nitrogen and oxygen atoms in total. The van der Waals surface area contributed by atoms with Crippen LogP contribution in [0.1, 0.15) is 0 Å². The van der Waals surface area contributed by atoms with Crippen LogP contribution in [0.5, 0.6) is 0 Å². The predicted octanol–water partition coefficient (Wildman–Crippen LogP) is 14.3. The van der Waals surface area contributed by atoms with Crippen molar-refractivity contribution in [1.29, 1.82) is 0 Å². The summed E-state index contributed by atoms with van der Waals surface area (Å²) in [6, 6.07) is 69.2. The van der Waals surface area contributed by atoms with Crippen LogP contribution in [0.2, 0.25) is 0 Å². The number of hydrogen-bond acceptors (Lipinski definition) is 4. The van der Waals surface area contributed by atoms with Crippen molar-refractivity contribution in [3.63, 3.8) is 0 Å². The molecular weight excluding hydrogens is 725 g/mol. The molecule has 270 valence electrons. The molecule has 0 spiro atoms. The van der Waals surface area contributed by atoms with Gasteiger partial charge in [-0.05, 0) is 69.1 Å². The van der Waals surface area contributed by atoms with Gasteiger partial charge in [0.1, 0.15) is 0 Å². The maximum atomic E-state index is 5.01. The van der Waals surface area contributed by atoms with Crippen molar-refractivity contribution in [3.05, 3.63) is 194 Å². The Labute approximate surface area is 338 Å². The molecule has 0 aliphatic carbocycles. The molecule has 0 unspecified atom stereocenters. The van der Waals surface area contributed by atoms with Crippen LogP contribution in [0.25, 0.3) is 115 Å². The maximum Gasteiger partial charge on any atom is 0.164 e. The standard InChI is InChI=1S/C53H32N4S/c1-3-14-33(15-4-1)51-54-52(34-16-5-2-6-17-34)56-53(55-51)40-22-13-21-35(28-40)38-26-27-43-48(32-38)58-50-47(31-39-20-9-10-23-41(39)49(43)50)57-45-25-12-11-24-42(45)44-29-36-18-7-8-19-37(36)30-46(44)57/h1-32H. The summed E-state index contributed by atoms with van der Waals surface area (Å²) in [6.45, 7) is 0. The van der Waals surface area contributed by atoms with E-state index in [1.54, 1.807) is 0 Å². The number of thiophene rings is 1. The lowest BCUT2D eigenvalue weighted by atomic mass is 9.99. The molecule has 3 aromatic heterocycles. The maximum absolute atomic E-state index is 5.01. The number of benzene rings is 9. The predicted molar refractivity (Wildman–Crippen MR) is 244 cm³/mol. The van der Waals surface area contributed by atoms with Crippen molar-refractivity contribution in [1.82, 2.24) is 19.5 Å². The lowest BCUT2D eigenvalue weighted by Crippen LogP contribution is -2.00. The molecule has 0 fully saturated rings. The van der Waals surface area contributed by atoms with E-state index in [0.29, 0.717) is 17.5 Å². The van der Waals surface area contributed by atoms with Crippen LogP contribution < -0.4 is 0 Å². The molecule has 0 aliphatic rings. The first kappa shape index (κ1) is 32.7. The van der Waals surface area contributed by atoms with E-state index >= 15 is 0 Å². The van der Waals surface area contributed by atoms with Crippen LogP contribution in [0, 0.1) is 0 Å². The van der Waals surface area contributed by atoms with E-state index < -0.39 is 0 Å². The minimum Gasteiger partial charge on any atom is -0.308 e. The van der Waals surface area contributed by atoms with E-state index in [4.69, 9.17) is 15.0 Å². The van der Waals surface area contributed by atoms with Gasteiger partial charge in [0.15, 0.2) is 17.5 Å². The molecule has 5 heteroatoms. The lowest BCUT2D eigenvalue weighted by molar-refractivity contribution is 1.07. The van der Waals surface area contributed by atoms with E-state index in [1.807, 2.05) is 72.0 Å². The minimum atomic E-state index is 0.646. The quantitative estimate of drug-likeness (QED) is 0.176. The molecule has 9 aromatic carbocycles. The number of para-hydroxylation sites is 1. The van der Waals surface area contributed by atoms with Gasteiger partial charge < -0.3 is 4.57 Å². The highest BCUT2D eigenvalue weighted by molar-refractivity contribution is 7.26. The first-order valence-electron chi connectivity index (χ1n) is 19.5. The smallest absolute Gasteiger partial charge is 0.164 e. The second-order valence-electron chi connectivity index (χ2n) is 14.8. The largest absolute Gasteiger partial charge is 0.308 e. The Morgan fingerprint density at radius 2 is 0.914 bits per heavy atom. The topological polar surface area (TPSA) is 43.6 Å². The second-order valence-corrected chi connectivity index (χ2v) is 15.9. The van der Waals surface area contributed by atoms with Gasteiger partial charge in [-0.15, -0.1) is 11.3 Å². The summed E-state index contributed by atoms with van der Waals surface area (Å²) >= 11 is 1.88. The fourth-order valence-corrected chi connectivity index (χ4v) is 9.91. The second kappa shape index (κ2) is 13.1. The Balaban J connectivity index is 1.04. The number of rotatable bonds is 5. The summed E-state index contributed by atoms with van der Waals surface area (Å²) in [4.78, 5) is 14.9. The summed E-state index contributed by atoms with van der Waals surface area (Å²) in [7, 11) is 0. The Morgan fingerprint density at radius 3 is 1.66 bits per heavy atom. The van der Waals surface area contributed by atoms with Crippen LogP contribution in [0.4, 0.5) is 0 Å². The third kappa shape index (κ3) is 5.25. The zero-order valence-corrected chi connectivity index (χ0v) is 32.0. The summed E-state index contributed by atoms with van der Waals surface area (Å²) in [5.41, 5.74) is 8.75. The highest BCUT2D eigenvalue weighted by atomic mass is 32.1. The van der Waals surface area contributed by atoms with Gasteiger partial charge in [-0.2, -0.15) is 0 Å². The van der Waals surface area contributed by atoms with Crippen LogP contribution in [-0.4, -0.2) is 19.5 Å². The van der Waals surface area contributed by atoms with Gasteiger partial charge >= 0.3 is 0 Å². The summed E-state index contributed by atoms with van der Waals surface area (Å²) < 4.78 is 5.02. The van der Waals surface area contributed by atoms with Crippen LogP contribution in [0.3, 0.4) is 0 Å². The number of nitrogens with zero attached hydrogens (tertiary/aromatic N) is 4. The molecule has 58 heavy (non-hydrogen) atoms. The number of hydrogen-bond donors (Lipinski definition) is 0. The van der Waals surface area contributed by atoms with Crippen LogP contribution >= 0.6 is 11.3 Å². The average Bonchev–Trinajstić information content (AvgIpc) is 3.84. The minimum absolute atomic E-state index is 0.646. The molecule has 0 saturated heterocycles. The Hall–Kier alpha value is -7.47. The molecule has 0 radical (unpaired) electrons. The third-order valence-corrected chi connectivity index (χ3v) is 12.6. The van der Waals surface area contributed by atoms with Gasteiger partial charge in [-0.3, -0.25) is 0 Å². The molecule has 12 rings (SSSR count). The monoisotopic (exact) mass is 756 g/mol. The fraction of sp³-hybridized carbons (Fsp3) is 0. The highest BCUT2D eigenvalue weighted by Crippen LogP contribution is 2.46. The van der Waals surface area contributed by atoms with Crippen molar-refractivity contribution >= 4 is 74.9 Å². The summed E-state index contributed by atoms with van der Waals surface area (Å²) in [5, 5.41) is 10.1. The Bertz CT molecular complexity index is 3510. The van der Waals surface area contributed by atoms with Crippen molar-refractivity contribution in [2.45, 2.75) is 0 Å². The summed E-state index contributed by atoms with van der Waals surface area (Å²) in [5.74, 6) is 1.95. The van der Waals surface area contributed by atoms with Gasteiger partial charge in [0.05, 0.1) is 21.4 Å². The molecule has 0 N–H and O–H groups in total. The lowest BCUT2D eigenvalue weighted by Gasteiger charge is -2.12. The van der Waals surface area contributed by atoms with Crippen LogP contribution in [0.15, 0.2) is 194 Å². The molecule has 3 heterocycles. The van der Waals surface area contributed by atoms with E-state index in [0.717, 1.165) is 27.8 Å². The van der Waals surface area contributed by atoms with E-state index in [9.17, 15) is 0 Å². The summed E-state index contributed by atoms with van der Waals surface area (Å²) in [6.07, 6.45) is 0. The van der Waals surface area contributed by atoms with E-state index in [-0.39, 0.29) is 0 Å². The third-order valence-electron chi connectivity index (χ3n) is 11.4. The molecule has 0 saturated carbocycles. The Morgan fingerprint density at radius 1 is 0.345 bits per heavy atom. The molecule has 12 aromatic rings. The first-order valence-corrected chi connectivity index (χ1v) is 20.3. The van der Waals surface area contributed by atoms with Gasteiger partial charge in [0, 0.05) is 42.9 Å². The van der Waals surface area contributed by atoms with Gasteiger partial charge in [-0.25, -0.2) is 15.0 Å². The highest BCUT2D eigenvalue weighted by Gasteiger charge is 2.20. The molecule has 0 atom stereocenters. The number of aromatic nitrogens is 4. The van der Waals surface area contributed by atoms with Crippen molar-refractivity contribution in [3.8, 4) is 51.0 Å². The van der Waals surface area contributed by atoms with E-state index in [2.05, 4.69) is 138 Å². The molecular formula is C53H32N4S. The molecule has 0 aliphatic heterocycles. The average molecular weight is 757 g/mol. The van der Waals surface area contributed by atoms with Crippen LogP contribution in [-0.2, 0) is 0 Å². The molecule has 0 amide bonds. The zero-order chi connectivity index (χ0) is 38.2. The normalized spacial score (nSPS) is 11.8. The Kier molecular flexibility index (Phi) is 7.37. The molecule has 0 bridgehead atoms. The number of fused-ring (bicyclic) bond motifs is 9.